The number of aryl methyl sites for hydroxylation is 2. The van der Waals surface area contributed by atoms with Crippen LogP contribution >= 0.6 is 11.3 Å². The third-order valence-corrected chi connectivity index (χ3v) is 5.65. The zero-order valence-corrected chi connectivity index (χ0v) is 12.6. The molecule has 4 rings (SSSR count). The summed E-state index contributed by atoms with van der Waals surface area (Å²) in [6, 6.07) is 0. The Bertz CT molecular complexity index is 803. The molecule has 2 aromatic heterocycles. The average molecular weight is 303 g/mol. The van der Waals surface area contributed by atoms with Crippen LogP contribution in [0.4, 0.5) is 0 Å². The summed E-state index contributed by atoms with van der Waals surface area (Å²) in [6.07, 6.45) is 6.42. The number of hydrogen-bond donors (Lipinski definition) is 1. The van der Waals surface area contributed by atoms with Crippen LogP contribution in [0.3, 0.4) is 0 Å². The Kier molecular flexibility index (Phi) is 3.06. The maximum atomic E-state index is 12.9. The first-order valence-corrected chi connectivity index (χ1v) is 8.33. The summed E-state index contributed by atoms with van der Waals surface area (Å²) in [5.74, 6) is 0.944. The lowest BCUT2D eigenvalue weighted by Crippen LogP contribution is -2.25. The molecule has 0 spiro atoms. The van der Waals surface area contributed by atoms with Crippen molar-refractivity contribution in [1.29, 1.82) is 0 Å². The van der Waals surface area contributed by atoms with Crippen LogP contribution in [0.2, 0.25) is 0 Å². The van der Waals surface area contributed by atoms with Crippen LogP contribution in [0.15, 0.2) is 9.95 Å². The molecule has 0 amide bonds. The summed E-state index contributed by atoms with van der Waals surface area (Å²) in [4.78, 5) is 19.7. The second kappa shape index (κ2) is 4.94. The van der Waals surface area contributed by atoms with Crippen molar-refractivity contribution in [3.8, 4) is 0 Å². The molecule has 0 aromatic carbocycles. The Morgan fingerprint density at radius 2 is 2.10 bits per heavy atom. The van der Waals surface area contributed by atoms with Gasteiger partial charge in [-0.25, -0.2) is 4.98 Å². The van der Waals surface area contributed by atoms with E-state index in [0.29, 0.717) is 6.42 Å². The summed E-state index contributed by atoms with van der Waals surface area (Å²) in [5.41, 5.74) is 2.08. The van der Waals surface area contributed by atoms with Crippen molar-refractivity contribution in [2.75, 3.05) is 0 Å². The van der Waals surface area contributed by atoms with E-state index in [1.165, 1.54) is 6.42 Å². The van der Waals surface area contributed by atoms with Crippen molar-refractivity contribution in [3.63, 3.8) is 0 Å². The molecule has 0 radical (unpaired) electrons. The van der Waals surface area contributed by atoms with E-state index >= 15 is 0 Å². The second-order valence-electron chi connectivity index (χ2n) is 5.82. The molecule has 1 aliphatic heterocycles. The van der Waals surface area contributed by atoms with Crippen molar-refractivity contribution >= 4 is 27.3 Å². The third kappa shape index (κ3) is 2.00. The lowest BCUT2D eigenvalue weighted by atomic mass is 9.95. The Hall–Kier alpha value is -1.69. The van der Waals surface area contributed by atoms with Crippen molar-refractivity contribution in [2.24, 2.45) is 5.16 Å². The molecule has 0 saturated carbocycles. The van der Waals surface area contributed by atoms with Crippen LogP contribution in [0.1, 0.15) is 41.9 Å². The first kappa shape index (κ1) is 13.0. The Morgan fingerprint density at radius 1 is 1.19 bits per heavy atom. The molecule has 3 heterocycles. The van der Waals surface area contributed by atoms with Gasteiger partial charge in [-0.1, -0.05) is 11.6 Å². The predicted octanol–water partition coefficient (Wildman–Crippen LogP) is 2.50. The smallest absolute Gasteiger partial charge is 0.262 e. The van der Waals surface area contributed by atoms with E-state index in [9.17, 15) is 4.79 Å². The Balaban J connectivity index is 1.95. The van der Waals surface area contributed by atoms with Gasteiger partial charge < -0.3 is 5.21 Å². The molecule has 1 aliphatic carbocycles. The van der Waals surface area contributed by atoms with E-state index in [0.717, 1.165) is 70.8 Å². The second-order valence-corrected chi connectivity index (χ2v) is 6.91. The zero-order valence-electron chi connectivity index (χ0n) is 11.8. The van der Waals surface area contributed by atoms with Crippen molar-refractivity contribution in [1.82, 2.24) is 9.55 Å². The van der Waals surface area contributed by atoms with Crippen LogP contribution in [0.25, 0.3) is 10.2 Å². The molecule has 5 nitrogen and oxygen atoms in total. The van der Waals surface area contributed by atoms with Gasteiger partial charge in [0.15, 0.2) is 0 Å². The third-order valence-electron chi connectivity index (χ3n) is 4.53. The Labute approximate surface area is 125 Å². The fourth-order valence-corrected chi connectivity index (χ4v) is 4.68. The molecule has 0 atom stereocenters. The van der Waals surface area contributed by atoms with E-state index in [4.69, 9.17) is 10.2 Å². The molecular formula is C15H17N3O2S. The first-order chi connectivity index (χ1) is 10.3. The van der Waals surface area contributed by atoms with Crippen LogP contribution in [-0.4, -0.2) is 20.5 Å². The van der Waals surface area contributed by atoms with Gasteiger partial charge in [0.2, 0.25) is 0 Å². The van der Waals surface area contributed by atoms with E-state index in [1.54, 1.807) is 11.3 Å². The number of fused-ring (bicyclic) bond motifs is 4. The van der Waals surface area contributed by atoms with Gasteiger partial charge in [0, 0.05) is 24.3 Å². The summed E-state index contributed by atoms with van der Waals surface area (Å²) in [5, 5.41) is 13.1. The zero-order chi connectivity index (χ0) is 14.4. The molecule has 2 aromatic rings. The van der Waals surface area contributed by atoms with Crippen LogP contribution < -0.4 is 5.56 Å². The quantitative estimate of drug-likeness (QED) is 0.600. The average Bonchev–Trinajstić information content (AvgIpc) is 2.68. The van der Waals surface area contributed by atoms with Gasteiger partial charge in [0.1, 0.15) is 10.7 Å². The summed E-state index contributed by atoms with van der Waals surface area (Å²) in [7, 11) is 0. The van der Waals surface area contributed by atoms with Gasteiger partial charge >= 0.3 is 0 Å². The Morgan fingerprint density at radius 3 is 2.95 bits per heavy atom. The van der Waals surface area contributed by atoms with Crippen molar-refractivity contribution in [2.45, 2.75) is 51.5 Å². The highest BCUT2D eigenvalue weighted by atomic mass is 32.1. The largest absolute Gasteiger partial charge is 0.411 e. The number of oxime groups is 1. The highest BCUT2D eigenvalue weighted by Crippen LogP contribution is 2.33. The summed E-state index contributed by atoms with van der Waals surface area (Å²) >= 11 is 1.60. The highest BCUT2D eigenvalue weighted by Gasteiger charge is 2.24. The van der Waals surface area contributed by atoms with E-state index in [2.05, 4.69) is 5.16 Å². The monoisotopic (exact) mass is 303 g/mol. The predicted molar refractivity (Wildman–Crippen MR) is 82.7 cm³/mol. The fourth-order valence-electron chi connectivity index (χ4n) is 3.41. The fraction of sp³-hybridized carbons (Fsp3) is 0.533. The lowest BCUT2D eigenvalue weighted by Gasteiger charge is -2.12. The molecule has 0 unspecified atom stereocenters. The molecule has 0 bridgehead atoms. The van der Waals surface area contributed by atoms with E-state index < -0.39 is 0 Å². The van der Waals surface area contributed by atoms with Gasteiger partial charge in [0.05, 0.1) is 11.1 Å². The minimum atomic E-state index is 0.138. The molecule has 2 aliphatic rings. The van der Waals surface area contributed by atoms with Crippen LogP contribution in [-0.2, 0) is 25.8 Å². The summed E-state index contributed by atoms with van der Waals surface area (Å²) in [6.45, 7) is 0.797. The van der Waals surface area contributed by atoms with Crippen LogP contribution in [0, 0.1) is 0 Å². The number of rotatable bonds is 0. The summed E-state index contributed by atoms with van der Waals surface area (Å²) < 4.78 is 1.89. The van der Waals surface area contributed by atoms with Gasteiger partial charge in [-0.3, -0.25) is 9.36 Å². The topological polar surface area (TPSA) is 67.5 Å². The van der Waals surface area contributed by atoms with E-state index in [-0.39, 0.29) is 5.56 Å². The number of hydrogen-bond acceptors (Lipinski definition) is 5. The van der Waals surface area contributed by atoms with Gasteiger partial charge in [-0.2, -0.15) is 0 Å². The highest BCUT2D eigenvalue weighted by molar-refractivity contribution is 7.19. The van der Waals surface area contributed by atoms with Crippen LogP contribution in [0.5, 0.6) is 0 Å². The number of thiophene rings is 1. The van der Waals surface area contributed by atoms with Gasteiger partial charge in [-0.05, 0) is 31.2 Å². The maximum Gasteiger partial charge on any atom is 0.262 e. The van der Waals surface area contributed by atoms with Crippen molar-refractivity contribution < 1.29 is 5.21 Å². The molecule has 21 heavy (non-hydrogen) atoms. The molecule has 6 heteroatoms. The lowest BCUT2D eigenvalue weighted by molar-refractivity contribution is 0.316. The molecule has 110 valence electrons. The molecule has 0 fully saturated rings. The van der Waals surface area contributed by atoms with Crippen molar-refractivity contribution in [3.05, 3.63) is 26.6 Å². The normalized spacial score (nSPS) is 20.3. The maximum absolute atomic E-state index is 12.9. The molecular weight excluding hydrogens is 286 g/mol. The van der Waals surface area contributed by atoms with E-state index in [1.807, 2.05) is 4.57 Å². The number of aromatic nitrogens is 2. The molecule has 1 N–H and O–H groups in total. The standard InChI is InChI=1S/C15H17N3O2S/c19-15-13-10-6-5-9(17-20)8-11(10)21-14(13)16-12-4-2-1-3-7-18(12)15/h20H,1-8H2. The first-order valence-electron chi connectivity index (χ1n) is 7.51. The van der Waals surface area contributed by atoms with Gasteiger partial charge in [0.25, 0.3) is 5.56 Å². The minimum absolute atomic E-state index is 0.138. The minimum Gasteiger partial charge on any atom is -0.411 e. The SMILES string of the molecule is O=c1c2c3c(sc2nc2n1CCCCC2)CC(=NO)CC3. The molecule has 0 saturated heterocycles. The number of nitrogens with zero attached hydrogens (tertiary/aromatic N) is 3. The van der Waals surface area contributed by atoms with Gasteiger partial charge in [-0.15, -0.1) is 11.3 Å².